The zero-order chi connectivity index (χ0) is 37.6. The third kappa shape index (κ3) is 10.9. The van der Waals surface area contributed by atoms with Gasteiger partial charge in [0.1, 0.15) is 11.9 Å². The number of Topliss-reactive ketones (excluding diaryl/α,β-unsaturated/α-hetero) is 2. The molecule has 4 rings (SSSR count). The van der Waals surface area contributed by atoms with Gasteiger partial charge in [-0.1, -0.05) is 31.6 Å². The van der Waals surface area contributed by atoms with Crippen molar-refractivity contribution < 1.29 is 37.0 Å². The normalized spacial score (nSPS) is 27.9. The number of piperidine rings is 1. The van der Waals surface area contributed by atoms with Gasteiger partial charge in [0.15, 0.2) is 0 Å². The molecule has 1 aromatic carbocycles. The van der Waals surface area contributed by atoms with Crippen LogP contribution in [0.2, 0.25) is 0 Å². The molecule has 2 saturated heterocycles. The van der Waals surface area contributed by atoms with E-state index in [0.717, 1.165) is 13.1 Å². The molecule has 3 aliphatic rings. The lowest BCUT2D eigenvalue weighted by atomic mass is 9.79. The number of carbonyl (C=O) groups is 3. The number of likely N-dealkylation sites (N-methyl/N-ethyl adjacent to an activating group) is 1. The zero-order valence-corrected chi connectivity index (χ0v) is 32.1. The second-order valence-electron chi connectivity index (χ2n) is 15.1. The van der Waals surface area contributed by atoms with Gasteiger partial charge in [0, 0.05) is 63.5 Å². The summed E-state index contributed by atoms with van der Waals surface area (Å²) in [6.07, 6.45) is 6.22. The van der Waals surface area contributed by atoms with E-state index in [1.165, 1.54) is 22.7 Å². The molecule has 51 heavy (non-hydrogen) atoms. The number of ether oxygens (including phenoxy) is 1. The predicted octanol–water partition coefficient (Wildman–Crippen LogP) is 4.75. The minimum atomic E-state index is -3.29. The number of nitrogens with zero attached hydrogens (tertiary/aromatic N) is 4. The van der Waals surface area contributed by atoms with Gasteiger partial charge < -0.3 is 24.5 Å². The van der Waals surface area contributed by atoms with Crippen molar-refractivity contribution in [1.82, 2.24) is 14.1 Å². The van der Waals surface area contributed by atoms with Crippen LogP contribution in [0.25, 0.3) is 6.08 Å². The lowest BCUT2D eigenvalue weighted by Crippen LogP contribution is -2.49. The molecule has 0 bridgehead atoms. The highest BCUT2D eigenvalue weighted by atomic mass is 32.2. The van der Waals surface area contributed by atoms with E-state index in [1.807, 2.05) is 46.9 Å². The van der Waals surface area contributed by atoms with Gasteiger partial charge in [-0.3, -0.25) is 9.59 Å². The largest absolute Gasteiger partial charge is 0.442 e. The van der Waals surface area contributed by atoms with E-state index in [1.54, 1.807) is 24.0 Å². The van der Waals surface area contributed by atoms with E-state index in [0.29, 0.717) is 62.3 Å². The van der Waals surface area contributed by atoms with Crippen LogP contribution in [0.3, 0.4) is 0 Å². The first kappa shape index (κ1) is 40.6. The number of benzene rings is 1. The molecule has 1 aliphatic carbocycles. The number of piperazine rings is 1. The zero-order valence-electron chi connectivity index (χ0n) is 31.3. The molecule has 284 valence electrons. The molecule has 0 spiro atoms. The van der Waals surface area contributed by atoms with Gasteiger partial charge in [-0.05, 0) is 95.2 Å². The first-order valence-corrected chi connectivity index (χ1v) is 20.1. The van der Waals surface area contributed by atoms with E-state index in [9.17, 15) is 27.9 Å². The first-order chi connectivity index (χ1) is 23.9. The summed E-state index contributed by atoms with van der Waals surface area (Å²) in [5.74, 6) is -3.25. The Morgan fingerprint density at radius 1 is 1.00 bits per heavy atom. The van der Waals surface area contributed by atoms with E-state index >= 15 is 4.39 Å². The van der Waals surface area contributed by atoms with Crippen molar-refractivity contribution in [2.75, 3.05) is 57.5 Å². The Morgan fingerprint density at radius 2 is 1.65 bits per heavy atom. The van der Waals surface area contributed by atoms with E-state index in [4.69, 9.17) is 4.74 Å². The highest BCUT2D eigenvalue weighted by Crippen LogP contribution is 2.32. The summed E-state index contributed by atoms with van der Waals surface area (Å²) < 4.78 is 46.9. The van der Waals surface area contributed by atoms with Crippen LogP contribution >= 0.6 is 0 Å². The molecule has 0 aromatic heterocycles. The molecule has 0 unspecified atom stereocenters. The van der Waals surface area contributed by atoms with Crippen LogP contribution in [0.1, 0.15) is 72.3 Å². The number of amides is 1. The molecule has 0 radical (unpaired) electrons. The number of anilines is 1. The summed E-state index contributed by atoms with van der Waals surface area (Å²) in [6, 6.07) is 4.72. The van der Waals surface area contributed by atoms with Crippen LogP contribution in [0.15, 0.2) is 35.9 Å². The Hall–Kier alpha value is -3.13. The van der Waals surface area contributed by atoms with Gasteiger partial charge in [-0.2, -0.15) is 0 Å². The minimum Gasteiger partial charge on any atom is -0.442 e. The summed E-state index contributed by atoms with van der Waals surface area (Å²) in [5, 5.41) is 10.7. The quantitative estimate of drug-likeness (QED) is 0.312. The molecule has 2 aliphatic heterocycles. The Bertz CT molecular complexity index is 1570. The summed E-state index contributed by atoms with van der Waals surface area (Å²) in [6.45, 7) is 13.0. The number of carbonyl (C=O) groups excluding carboxylic acids is 3. The standard InChI is InChI=1S/C38H57FN4O7S/c1-25(2)43(31-12-14-42(15-13-31)51(7,48)49)32-22-29(21-30(39)23-32)20-28(5)36-27(4)9-11-35(50-38(47)41-18-16-40(6)17-19-41)26(3)8-10-33(44)24-34(45)37(36)46/h9,11,20-23,25-27,31,33,35-36,44H,8,10,12-19,24H2,1-7H3/b11-9+,28-20+/t26-,27+,33+,35+,36+/m1/s1. The average Bonchev–Trinajstić information content (AvgIpc) is 3.04. The maximum absolute atomic E-state index is 15.3. The molecule has 1 amide bonds. The van der Waals surface area contributed by atoms with E-state index < -0.39 is 57.5 Å². The predicted molar refractivity (Wildman–Crippen MR) is 197 cm³/mol. The summed E-state index contributed by atoms with van der Waals surface area (Å²) in [4.78, 5) is 46.1. The fraction of sp³-hybridized carbons (Fsp3) is 0.658. The van der Waals surface area contributed by atoms with Crippen LogP contribution in [-0.2, 0) is 24.3 Å². The Balaban J connectivity index is 1.62. The first-order valence-electron chi connectivity index (χ1n) is 18.2. The lowest BCUT2D eigenvalue weighted by Gasteiger charge is -2.41. The number of hydrogen-bond acceptors (Lipinski definition) is 9. The third-order valence-electron chi connectivity index (χ3n) is 10.6. The van der Waals surface area contributed by atoms with Crippen LogP contribution in [0.5, 0.6) is 0 Å². The molecular formula is C38H57FN4O7S. The highest BCUT2D eigenvalue weighted by molar-refractivity contribution is 7.88. The van der Waals surface area contributed by atoms with Crippen LogP contribution in [0.4, 0.5) is 14.9 Å². The monoisotopic (exact) mass is 732 g/mol. The number of hydrogen-bond donors (Lipinski definition) is 1. The van der Waals surface area contributed by atoms with Gasteiger partial charge in [0.2, 0.25) is 21.6 Å². The van der Waals surface area contributed by atoms with Crippen molar-refractivity contribution in [2.24, 2.45) is 17.8 Å². The molecule has 1 N–H and O–H groups in total. The average molecular weight is 733 g/mol. The van der Waals surface area contributed by atoms with Gasteiger partial charge in [-0.25, -0.2) is 21.9 Å². The molecule has 11 nitrogen and oxygen atoms in total. The summed E-state index contributed by atoms with van der Waals surface area (Å²) in [5.41, 5.74) is 1.74. The van der Waals surface area contributed by atoms with Gasteiger partial charge in [-0.15, -0.1) is 0 Å². The number of sulfonamides is 1. The number of halogens is 1. The smallest absolute Gasteiger partial charge is 0.410 e. The van der Waals surface area contributed by atoms with Crippen molar-refractivity contribution in [3.63, 3.8) is 0 Å². The van der Waals surface area contributed by atoms with Crippen molar-refractivity contribution >= 4 is 39.4 Å². The third-order valence-corrected chi connectivity index (χ3v) is 11.9. The topological polar surface area (TPSA) is 128 Å². The van der Waals surface area contributed by atoms with Crippen LogP contribution in [-0.4, -0.2) is 122 Å². The maximum atomic E-state index is 15.3. The van der Waals surface area contributed by atoms with Gasteiger partial charge in [0.05, 0.1) is 18.3 Å². The number of allylic oxidation sites excluding steroid dienone is 2. The molecule has 5 atom stereocenters. The lowest BCUT2D eigenvalue weighted by molar-refractivity contribution is -0.140. The van der Waals surface area contributed by atoms with Crippen molar-refractivity contribution in [2.45, 2.75) is 91.0 Å². The molecule has 2 heterocycles. The van der Waals surface area contributed by atoms with Gasteiger partial charge >= 0.3 is 6.09 Å². The number of ketones is 2. The Morgan fingerprint density at radius 3 is 2.25 bits per heavy atom. The molecule has 13 heteroatoms. The SMILES string of the molecule is C/C(=C\c1cc(F)cc(N(C(C)C)C2CCN(S(C)(=O)=O)CC2)c1)[C@H]1C(=O)C(=O)C[C@@H](O)CC[C@@H](C)[C@@H](OC(=O)N2CCN(C)CC2)/C=C/[C@@H]1C. The number of aliphatic hydroxyl groups excluding tert-OH is 1. The number of aliphatic hydroxyl groups is 1. The fourth-order valence-corrected chi connectivity index (χ4v) is 8.43. The van der Waals surface area contributed by atoms with Gasteiger partial charge in [0.25, 0.3) is 0 Å². The maximum Gasteiger partial charge on any atom is 0.410 e. The second-order valence-corrected chi connectivity index (χ2v) is 17.1. The minimum absolute atomic E-state index is 0.00212. The van der Waals surface area contributed by atoms with Crippen LogP contribution < -0.4 is 4.90 Å². The fourth-order valence-electron chi connectivity index (χ4n) is 7.55. The molecule has 0 saturated carbocycles. The number of rotatable bonds is 7. The van der Waals surface area contributed by atoms with E-state index in [2.05, 4.69) is 9.80 Å². The summed E-state index contributed by atoms with van der Waals surface area (Å²) >= 11 is 0. The molecule has 2 fully saturated rings. The Kier molecular flexibility index (Phi) is 14.0. The summed E-state index contributed by atoms with van der Waals surface area (Å²) in [7, 11) is -1.28. The molecule has 1 aromatic rings. The molecular weight excluding hydrogens is 676 g/mol. The van der Waals surface area contributed by atoms with Crippen molar-refractivity contribution in [3.8, 4) is 0 Å². The van der Waals surface area contributed by atoms with Crippen molar-refractivity contribution in [3.05, 3.63) is 47.3 Å². The van der Waals surface area contributed by atoms with Crippen LogP contribution in [0, 0.1) is 23.6 Å². The Labute approximate surface area is 303 Å². The highest BCUT2D eigenvalue weighted by Gasteiger charge is 2.34. The second kappa shape index (κ2) is 17.6. The van der Waals surface area contributed by atoms with E-state index in [-0.39, 0.29) is 30.8 Å². The van der Waals surface area contributed by atoms with Crippen molar-refractivity contribution in [1.29, 1.82) is 0 Å².